The van der Waals surface area contributed by atoms with Crippen molar-refractivity contribution in [2.75, 3.05) is 0 Å². The number of hydrogen-bond donors (Lipinski definition) is 1. The van der Waals surface area contributed by atoms with E-state index in [0.717, 1.165) is 16.9 Å². The molecule has 0 amide bonds. The monoisotopic (exact) mass is 300 g/mol. The summed E-state index contributed by atoms with van der Waals surface area (Å²) in [6, 6.07) is 17.2. The molecule has 0 saturated carbocycles. The maximum atomic E-state index is 11.3. The van der Waals surface area contributed by atoms with Crippen LogP contribution < -0.4 is 0 Å². The predicted octanol–water partition coefficient (Wildman–Crippen LogP) is 2.67. The molecule has 0 aromatic heterocycles. The van der Waals surface area contributed by atoms with Crippen LogP contribution in [0.1, 0.15) is 11.1 Å². The van der Waals surface area contributed by atoms with Crippen molar-refractivity contribution >= 4 is 29.4 Å². The largest absolute Gasteiger partial charge is 0.359 e. The summed E-state index contributed by atoms with van der Waals surface area (Å²) >= 11 is 0. The lowest BCUT2D eigenvalue weighted by Gasteiger charge is -2.32. The molecule has 23 heavy (non-hydrogen) atoms. The van der Waals surface area contributed by atoms with E-state index in [1.54, 1.807) is 6.21 Å². The molecule has 5 nitrogen and oxygen atoms in total. The summed E-state index contributed by atoms with van der Waals surface area (Å²) < 4.78 is 0. The van der Waals surface area contributed by atoms with Crippen molar-refractivity contribution in [2.24, 2.45) is 15.0 Å². The molecule has 5 heteroatoms. The molecule has 0 bridgehead atoms. The topological polar surface area (TPSA) is 60.6 Å². The lowest BCUT2D eigenvalue weighted by atomic mass is 9.99. The highest BCUT2D eigenvalue weighted by molar-refractivity contribution is 6.22. The van der Waals surface area contributed by atoms with Gasteiger partial charge in [0.15, 0.2) is 5.84 Å². The maximum absolute atomic E-state index is 11.3. The Kier molecular flexibility index (Phi) is 2.30. The van der Waals surface area contributed by atoms with Gasteiger partial charge >= 0.3 is 0 Å². The molecule has 3 aliphatic rings. The van der Waals surface area contributed by atoms with E-state index in [4.69, 9.17) is 0 Å². The third-order valence-corrected chi connectivity index (χ3v) is 4.23. The summed E-state index contributed by atoms with van der Waals surface area (Å²) in [7, 11) is 0. The number of hydrogen-bond acceptors (Lipinski definition) is 5. The summed E-state index contributed by atoms with van der Waals surface area (Å²) in [4.78, 5) is 15.3. The highest BCUT2D eigenvalue weighted by Crippen LogP contribution is 2.44. The minimum absolute atomic E-state index is 0.460. The fourth-order valence-electron chi connectivity index (χ4n) is 3.16. The van der Waals surface area contributed by atoms with Gasteiger partial charge in [-0.1, -0.05) is 48.5 Å². The number of allylic oxidation sites excluding steroid dienone is 1. The van der Waals surface area contributed by atoms with Gasteiger partial charge in [0.05, 0.1) is 11.4 Å². The normalized spacial score (nSPS) is 23.7. The molecule has 3 heterocycles. The molecule has 0 saturated heterocycles. The van der Waals surface area contributed by atoms with Crippen LogP contribution in [0.5, 0.6) is 0 Å². The molecule has 3 aliphatic heterocycles. The average Bonchev–Trinajstić information content (AvgIpc) is 2.91. The Balaban J connectivity index is 1.81. The van der Waals surface area contributed by atoms with Crippen molar-refractivity contribution < 1.29 is 5.11 Å². The number of amidine groups is 1. The first-order chi connectivity index (χ1) is 11.3. The van der Waals surface area contributed by atoms with Crippen LogP contribution in [0.25, 0.3) is 5.70 Å². The predicted molar refractivity (Wildman–Crippen MR) is 89.6 cm³/mol. The molecule has 2 aromatic carbocycles. The Bertz CT molecular complexity index is 943. The summed E-state index contributed by atoms with van der Waals surface area (Å²) in [6.07, 6.45) is 3.63. The van der Waals surface area contributed by atoms with Gasteiger partial charge in [-0.05, 0) is 12.1 Å². The second-order valence-electron chi connectivity index (χ2n) is 5.57. The molecule has 1 atom stereocenters. The average molecular weight is 300 g/mol. The van der Waals surface area contributed by atoms with Crippen LogP contribution in [0, 0.1) is 0 Å². The van der Waals surface area contributed by atoms with Crippen molar-refractivity contribution in [2.45, 2.75) is 5.72 Å². The summed E-state index contributed by atoms with van der Waals surface area (Å²) in [5, 5.41) is 11.3. The van der Waals surface area contributed by atoms with Crippen LogP contribution in [-0.4, -0.2) is 28.0 Å². The number of nitrogens with zero attached hydrogens (tertiary/aromatic N) is 4. The minimum atomic E-state index is -1.52. The van der Waals surface area contributed by atoms with E-state index in [9.17, 15) is 5.11 Å². The van der Waals surface area contributed by atoms with Crippen LogP contribution in [0.3, 0.4) is 0 Å². The van der Waals surface area contributed by atoms with Gasteiger partial charge in [0.25, 0.3) is 0 Å². The fourth-order valence-corrected chi connectivity index (χ4v) is 3.16. The molecule has 2 aromatic rings. The van der Waals surface area contributed by atoms with Gasteiger partial charge in [-0.3, -0.25) is 4.90 Å². The quantitative estimate of drug-likeness (QED) is 0.880. The first-order valence-corrected chi connectivity index (χ1v) is 7.38. The molecule has 1 N–H and O–H groups in total. The minimum Gasteiger partial charge on any atom is -0.359 e. The standard InChI is InChI=1S/C18H12N4O/c23-18(12-6-2-1-3-7-12)16-20-14-9-5-4-8-13(14)15-10-11-19-17(21-18)22(15)16/h1-11,23H. The van der Waals surface area contributed by atoms with Crippen molar-refractivity contribution in [1.82, 2.24) is 4.90 Å². The zero-order valence-corrected chi connectivity index (χ0v) is 12.1. The van der Waals surface area contributed by atoms with Gasteiger partial charge in [0, 0.05) is 17.3 Å². The number of aliphatic hydroxyl groups is 1. The van der Waals surface area contributed by atoms with Gasteiger partial charge in [0.1, 0.15) is 0 Å². The van der Waals surface area contributed by atoms with Crippen LogP contribution in [-0.2, 0) is 5.72 Å². The van der Waals surface area contributed by atoms with Crippen LogP contribution >= 0.6 is 0 Å². The Morgan fingerprint density at radius 2 is 1.74 bits per heavy atom. The van der Waals surface area contributed by atoms with E-state index in [1.165, 1.54) is 0 Å². The smallest absolute Gasteiger partial charge is 0.246 e. The maximum Gasteiger partial charge on any atom is 0.246 e. The second kappa shape index (κ2) is 4.24. The van der Waals surface area contributed by atoms with E-state index in [2.05, 4.69) is 15.0 Å². The molecule has 0 aliphatic carbocycles. The fraction of sp³-hybridized carbons (Fsp3) is 0.0556. The zero-order valence-electron chi connectivity index (χ0n) is 12.1. The van der Waals surface area contributed by atoms with Crippen LogP contribution in [0.15, 0.2) is 75.7 Å². The Labute approximate surface area is 132 Å². The van der Waals surface area contributed by atoms with Gasteiger partial charge in [-0.25, -0.2) is 15.0 Å². The first kappa shape index (κ1) is 12.5. The number of rotatable bonds is 1. The van der Waals surface area contributed by atoms with E-state index in [-0.39, 0.29) is 0 Å². The van der Waals surface area contributed by atoms with Gasteiger partial charge < -0.3 is 5.11 Å². The SMILES string of the molecule is OC1(c2ccccc2)N=C2N=CC=C3c4ccccc4N=C1N32. The van der Waals surface area contributed by atoms with E-state index < -0.39 is 5.72 Å². The van der Waals surface area contributed by atoms with Gasteiger partial charge in [-0.2, -0.15) is 0 Å². The molecule has 110 valence electrons. The highest BCUT2D eigenvalue weighted by Gasteiger charge is 2.50. The van der Waals surface area contributed by atoms with Crippen molar-refractivity contribution in [3.63, 3.8) is 0 Å². The van der Waals surface area contributed by atoms with E-state index >= 15 is 0 Å². The van der Waals surface area contributed by atoms with Crippen molar-refractivity contribution in [3.8, 4) is 0 Å². The number of benzene rings is 2. The Morgan fingerprint density at radius 1 is 0.957 bits per heavy atom. The summed E-state index contributed by atoms with van der Waals surface area (Å²) in [6.45, 7) is 0. The van der Waals surface area contributed by atoms with E-state index in [0.29, 0.717) is 17.4 Å². The number of guanidine groups is 1. The van der Waals surface area contributed by atoms with Crippen molar-refractivity contribution in [1.29, 1.82) is 0 Å². The second-order valence-corrected chi connectivity index (χ2v) is 5.57. The third-order valence-electron chi connectivity index (χ3n) is 4.23. The molecule has 0 radical (unpaired) electrons. The Hall–Kier alpha value is -3.05. The first-order valence-electron chi connectivity index (χ1n) is 7.38. The molecule has 0 spiro atoms. The van der Waals surface area contributed by atoms with Crippen LogP contribution in [0.4, 0.5) is 5.69 Å². The zero-order chi connectivity index (χ0) is 15.4. The summed E-state index contributed by atoms with van der Waals surface area (Å²) in [5.74, 6) is 0.933. The molecule has 0 fully saturated rings. The van der Waals surface area contributed by atoms with Crippen molar-refractivity contribution in [3.05, 3.63) is 71.8 Å². The van der Waals surface area contributed by atoms with Crippen LogP contribution in [0.2, 0.25) is 0 Å². The molecular weight excluding hydrogens is 288 g/mol. The lowest BCUT2D eigenvalue weighted by molar-refractivity contribution is 0.122. The lowest BCUT2D eigenvalue weighted by Crippen LogP contribution is -2.42. The van der Waals surface area contributed by atoms with Gasteiger partial charge in [0.2, 0.25) is 11.7 Å². The molecule has 1 unspecified atom stereocenters. The van der Waals surface area contributed by atoms with E-state index in [1.807, 2.05) is 65.6 Å². The van der Waals surface area contributed by atoms with Gasteiger partial charge in [-0.15, -0.1) is 0 Å². The number of para-hydroxylation sites is 1. The molecule has 5 rings (SSSR count). The molecular formula is C18H12N4O. The summed E-state index contributed by atoms with van der Waals surface area (Å²) in [5.41, 5.74) is 1.92. The highest BCUT2D eigenvalue weighted by atomic mass is 16.3. The number of aliphatic imine (C=N–C) groups is 3. The Morgan fingerprint density at radius 3 is 2.61 bits per heavy atom. The third kappa shape index (κ3) is 1.57. The number of fused-ring (bicyclic) bond motifs is 2.